The van der Waals surface area contributed by atoms with Crippen LogP contribution in [0.1, 0.15) is 40.7 Å². The maximum absolute atomic E-state index is 13.0. The molecule has 1 heterocycles. The molecule has 2 N–H and O–H groups in total. The molecule has 1 aliphatic rings. The first kappa shape index (κ1) is 24.7. The van der Waals surface area contributed by atoms with Gasteiger partial charge >= 0.3 is 0 Å². The van der Waals surface area contributed by atoms with Crippen LogP contribution in [0.2, 0.25) is 0 Å². The minimum absolute atomic E-state index is 0.158. The highest BCUT2D eigenvalue weighted by Gasteiger charge is 2.34. The van der Waals surface area contributed by atoms with E-state index in [-0.39, 0.29) is 16.7 Å². The molecule has 33 heavy (non-hydrogen) atoms. The predicted octanol–water partition coefficient (Wildman–Crippen LogP) is 2.86. The molecule has 0 saturated carbocycles. The molecule has 9 heteroatoms. The van der Waals surface area contributed by atoms with Crippen LogP contribution in [0.4, 0.5) is 5.69 Å². The molecule has 1 atom stereocenters. The molecule has 8 nitrogen and oxygen atoms in total. The van der Waals surface area contributed by atoms with Gasteiger partial charge in [0, 0.05) is 38.1 Å². The standard InChI is InChI=1S/C24H31N3O5S/c1-17-7-8-18(2)22(16-17)33(30,31)26-20-11-9-19(10-12-20)24(29)27-14-4-6-21(27)23(28)25-13-5-15-32-3/h7-12,16,21,26H,4-6,13-15H2,1-3H3,(H,25,28)/t21-/m1/s1. The van der Waals surface area contributed by atoms with Crippen molar-refractivity contribution in [1.82, 2.24) is 10.2 Å². The lowest BCUT2D eigenvalue weighted by atomic mass is 10.1. The molecule has 1 saturated heterocycles. The van der Waals surface area contributed by atoms with E-state index in [4.69, 9.17) is 4.74 Å². The molecule has 2 aromatic carbocycles. The molecular weight excluding hydrogens is 442 g/mol. The molecule has 2 aromatic rings. The number of aryl methyl sites for hydroxylation is 2. The summed E-state index contributed by atoms with van der Waals surface area (Å²) in [5.41, 5.74) is 2.27. The SMILES string of the molecule is COCCCNC(=O)[C@H]1CCCN1C(=O)c1ccc(NS(=O)(=O)c2cc(C)ccc2C)cc1. The predicted molar refractivity (Wildman–Crippen MR) is 127 cm³/mol. The van der Waals surface area contributed by atoms with Gasteiger partial charge in [-0.2, -0.15) is 0 Å². The summed E-state index contributed by atoms with van der Waals surface area (Å²) in [6, 6.07) is 11.0. The zero-order valence-corrected chi connectivity index (χ0v) is 20.1. The molecule has 0 aromatic heterocycles. The maximum Gasteiger partial charge on any atom is 0.262 e. The van der Waals surface area contributed by atoms with E-state index < -0.39 is 16.1 Å². The highest BCUT2D eigenvalue weighted by Crippen LogP contribution is 2.23. The third-order valence-electron chi connectivity index (χ3n) is 5.66. The first-order chi connectivity index (χ1) is 15.7. The first-order valence-corrected chi connectivity index (χ1v) is 12.5. The Bertz CT molecular complexity index is 1100. The van der Waals surface area contributed by atoms with Crippen LogP contribution in [0.5, 0.6) is 0 Å². The molecular formula is C24H31N3O5S. The van der Waals surface area contributed by atoms with Gasteiger partial charge in [0.1, 0.15) is 6.04 Å². The summed E-state index contributed by atoms with van der Waals surface area (Å²) in [5.74, 6) is -0.400. The molecule has 0 bridgehead atoms. The lowest BCUT2D eigenvalue weighted by molar-refractivity contribution is -0.124. The number of sulfonamides is 1. The van der Waals surface area contributed by atoms with Gasteiger partial charge < -0.3 is 15.0 Å². The van der Waals surface area contributed by atoms with Crippen molar-refractivity contribution in [2.24, 2.45) is 0 Å². The van der Waals surface area contributed by atoms with Crippen LogP contribution in [0.25, 0.3) is 0 Å². The van der Waals surface area contributed by atoms with Crippen molar-refractivity contribution in [2.75, 3.05) is 31.5 Å². The Hall–Kier alpha value is -2.91. The van der Waals surface area contributed by atoms with Crippen LogP contribution >= 0.6 is 0 Å². The summed E-state index contributed by atoms with van der Waals surface area (Å²) in [6.45, 7) is 5.16. The van der Waals surface area contributed by atoms with Crippen LogP contribution in [-0.2, 0) is 19.6 Å². The number of amides is 2. The molecule has 3 rings (SSSR count). The zero-order chi connectivity index (χ0) is 24.0. The van der Waals surface area contributed by atoms with Crippen molar-refractivity contribution in [1.29, 1.82) is 0 Å². The monoisotopic (exact) mass is 473 g/mol. The zero-order valence-electron chi connectivity index (χ0n) is 19.3. The fourth-order valence-electron chi connectivity index (χ4n) is 3.88. The second-order valence-electron chi connectivity index (χ2n) is 8.25. The van der Waals surface area contributed by atoms with Crippen molar-refractivity contribution < 1.29 is 22.7 Å². The molecule has 1 fully saturated rings. The third-order valence-corrected chi connectivity index (χ3v) is 7.18. The van der Waals surface area contributed by atoms with E-state index >= 15 is 0 Å². The van der Waals surface area contributed by atoms with Gasteiger partial charge in [-0.15, -0.1) is 0 Å². The van der Waals surface area contributed by atoms with Gasteiger partial charge in [0.15, 0.2) is 0 Å². The molecule has 0 radical (unpaired) electrons. The van der Waals surface area contributed by atoms with Gasteiger partial charge in [0.25, 0.3) is 15.9 Å². The van der Waals surface area contributed by atoms with Gasteiger partial charge in [-0.05, 0) is 74.6 Å². The average Bonchev–Trinajstić information content (AvgIpc) is 3.28. The lowest BCUT2D eigenvalue weighted by Crippen LogP contribution is -2.46. The number of hydrogen-bond acceptors (Lipinski definition) is 5. The number of ether oxygens (including phenoxy) is 1. The number of carbonyl (C=O) groups excluding carboxylic acids is 2. The van der Waals surface area contributed by atoms with Gasteiger partial charge in [0.05, 0.1) is 4.90 Å². The van der Waals surface area contributed by atoms with E-state index in [0.29, 0.717) is 49.4 Å². The summed E-state index contributed by atoms with van der Waals surface area (Å²) >= 11 is 0. The average molecular weight is 474 g/mol. The first-order valence-electron chi connectivity index (χ1n) is 11.0. The summed E-state index contributed by atoms with van der Waals surface area (Å²) < 4.78 is 33.2. The minimum Gasteiger partial charge on any atom is -0.385 e. The van der Waals surface area contributed by atoms with Crippen molar-refractivity contribution >= 4 is 27.5 Å². The van der Waals surface area contributed by atoms with Crippen molar-refractivity contribution in [3.05, 3.63) is 59.2 Å². The number of hydrogen-bond donors (Lipinski definition) is 2. The van der Waals surface area contributed by atoms with Crippen LogP contribution in [0, 0.1) is 13.8 Å². The Balaban J connectivity index is 1.67. The van der Waals surface area contributed by atoms with Crippen LogP contribution < -0.4 is 10.0 Å². The Morgan fingerprint density at radius 3 is 2.55 bits per heavy atom. The summed E-state index contributed by atoms with van der Waals surface area (Å²) in [6.07, 6.45) is 2.09. The number of methoxy groups -OCH3 is 1. The number of nitrogens with one attached hydrogen (secondary N) is 2. The van der Waals surface area contributed by atoms with Gasteiger partial charge in [0.2, 0.25) is 5.91 Å². The Morgan fingerprint density at radius 2 is 1.85 bits per heavy atom. The number of rotatable bonds is 9. The van der Waals surface area contributed by atoms with E-state index in [0.717, 1.165) is 12.0 Å². The second kappa shape index (κ2) is 10.8. The van der Waals surface area contributed by atoms with Gasteiger partial charge in [-0.3, -0.25) is 14.3 Å². The van der Waals surface area contributed by atoms with E-state index in [2.05, 4.69) is 10.0 Å². The molecule has 1 aliphatic heterocycles. The number of anilines is 1. The lowest BCUT2D eigenvalue weighted by Gasteiger charge is -2.24. The highest BCUT2D eigenvalue weighted by atomic mass is 32.2. The number of benzene rings is 2. The maximum atomic E-state index is 13.0. The third kappa shape index (κ3) is 6.11. The van der Waals surface area contributed by atoms with Crippen molar-refractivity contribution in [3.63, 3.8) is 0 Å². The van der Waals surface area contributed by atoms with Gasteiger partial charge in [-0.1, -0.05) is 12.1 Å². The van der Waals surface area contributed by atoms with E-state index in [9.17, 15) is 18.0 Å². The summed E-state index contributed by atoms with van der Waals surface area (Å²) in [4.78, 5) is 27.4. The minimum atomic E-state index is -3.76. The Labute approximate surface area is 195 Å². The topological polar surface area (TPSA) is 105 Å². The normalized spacial score (nSPS) is 16.0. The van der Waals surface area contributed by atoms with Crippen LogP contribution in [0.15, 0.2) is 47.4 Å². The number of carbonyl (C=O) groups is 2. The van der Waals surface area contributed by atoms with E-state index in [1.54, 1.807) is 55.3 Å². The van der Waals surface area contributed by atoms with Gasteiger partial charge in [-0.25, -0.2) is 8.42 Å². The largest absolute Gasteiger partial charge is 0.385 e. The molecule has 0 unspecified atom stereocenters. The fraction of sp³-hybridized carbons (Fsp3) is 0.417. The number of likely N-dealkylation sites (tertiary alicyclic amines) is 1. The molecule has 0 aliphatic carbocycles. The van der Waals surface area contributed by atoms with E-state index in [1.165, 1.54) is 0 Å². The summed E-state index contributed by atoms with van der Waals surface area (Å²) in [5, 5.41) is 2.87. The van der Waals surface area contributed by atoms with Crippen molar-refractivity contribution in [3.8, 4) is 0 Å². The number of nitrogens with zero attached hydrogens (tertiary/aromatic N) is 1. The second-order valence-corrected chi connectivity index (χ2v) is 9.90. The highest BCUT2D eigenvalue weighted by molar-refractivity contribution is 7.92. The van der Waals surface area contributed by atoms with Crippen LogP contribution in [0.3, 0.4) is 0 Å². The fourth-order valence-corrected chi connectivity index (χ4v) is 5.27. The van der Waals surface area contributed by atoms with E-state index in [1.807, 2.05) is 13.0 Å². The quantitative estimate of drug-likeness (QED) is 0.545. The van der Waals surface area contributed by atoms with Crippen molar-refractivity contribution in [2.45, 2.75) is 44.0 Å². The van der Waals surface area contributed by atoms with Crippen LogP contribution in [-0.4, -0.2) is 58.0 Å². The molecule has 2 amide bonds. The molecule has 0 spiro atoms. The Kier molecular flexibility index (Phi) is 8.10. The Morgan fingerprint density at radius 1 is 1.12 bits per heavy atom. The summed E-state index contributed by atoms with van der Waals surface area (Å²) in [7, 11) is -2.15. The molecule has 178 valence electrons. The smallest absolute Gasteiger partial charge is 0.262 e.